The van der Waals surface area contributed by atoms with Gasteiger partial charge in [-0.1, -0.05) is 12.2 Å². The summed E-state index contributed by atoms with van der Waals surface area (Å²) in [5.41, 5.74) is -1.92. The zero-order chi connectivity index (χ0) is 11.6. The van der Waals surface area contributed by atoms with Crippen LogP contribution in [-0.2, 0) is 14.3 Å². The average molecular weight is 231 g/mol. The van der Waals surface area contributed by atoms with Gasteiger partial charge in [0.2, 0.25) is 5.60 Å². The van der Waals surface area contributed by atoms with Gasteiger partial charge in [0.15, 0.2) is 5.78 Å². The molecule has 1 N–H and O–H groups in total. The SMILES string of the molecule is C/C=C/C1=CC(=O)C(Cl)[C@@]1(O)C(=O)OC. The minimum Gasteiger partial charge on any atom is -0.467 e. The van der Waals surface area contributed by atoms with Gasteiger partial charge in [0.1, 0.15) is 5.38 Å². The highest BCUT2D eigenvalue weighted by atomic mass is 35.5. The van der Waals surface area contributed by atoms with Crippen LogP contribution in [0.4, 0.5) is 0 Å². The predicted molar refractivity (Wildman–Crippen MR) is 54.5 cm³/mol. The molecule has 82 valence electrons. The maximum absolute atomic E-state index is 11.4. The number of esters is 1. The fourth-order valence-electron chi connectivity index (χ4n) is 1.42. The summed E-state index contributed by atoms with van der Waals surface area (Å²) in [4.78, 5) is 22.7. The Morgan fingerprint density at radius 1 is 1.73 bits per heavy atom. The lowest BCUT2D eigenvalue weighted by atomic mass is 9.95. The van der Waals surface area contributed by atoms with Crippen LogP contribution < -0.4 is 0 Å². The zero-order valence-corrected chi connectivity index (χ0v) is 9.12. The molecule has 2 atom stereocenters. The number of ether oxygens (including phenoxy) is 1. The topological polar surface area (TPSA) is 63.6 Å². The van der Waals surface area contributed by atoms with Crippen molar-refractivity contribution in [2.45, 2.75) is 17.9 Å². The van der Waals surface area contributed by atoms with E-state index < -0.39 is 22.7 Å². The van der Waals surface area contributed by atoms with Crippen molar-refractivity contribution < 1.29 is 19.4 Å². The van der Waals surface area contributed by atoms with E-state index in [1.165, 1.54) is 6.08 Å². The zero-order valence-electron chi connectivity index (χ0n) is 8.36. The first kappa shape index (κ1) is 11.9. The summed E-state index contributed by atoms with van der Waals surface area (Å²) in [6.07, 6.45) is 4.20. The second kappa shape index (κ2) is 4.16. The highest BCUT2D eigenvalue weighted by Crippen LogP contribution is 2.34. The minimum absolute atomic E-state index is 0.154. The third-order valence-electron chi connectivity index (χ3n) is 2.20. The number of carbonyl (C=O) groups excluding carboxylic acids is 2. The van der Waals surface area contributed by atoms with Crippen LogP contribution >= 0.6 is 11.6 Å². The third kappa shape index (κ3) is 1.70. The fourth-order valence-corrected chi connectivity index (χ4v) is 1.70. The number of ketones is 1. The minimum atomic E-state index is -2.07. The van der Waals surface area contributed by atoms with Crippen LogP contribution in [0.5, 0.6) is 0 Å². The predicted octanol–water partition coefficient (Wildman–Crippen LogP) is 0.583. The Kier molecular flexibility index (Phi) is 3.31. The lowest BCUT2D eigenvalue weighted by molar-refractivity contribution is -0.158. The van der Waals surface area contributed by atoms with Gasteiger partial charge >= 0.3 is 5.97 Å². The molecule has 0 saturated carbocycles. The van der Waals surface area contributed by atoms with Gasteiger partial charge in [-0.05, 0) is 13.0 Å². The van der Waals surface area contributed by atoms with Crippen LogP contribution in [0.25, 0.3) is 0 Å². The molecule has 0 aromatic heterocycles. The van der Waals surface area contributed by atoms with E-state index in [2.05, 4.69) is 4.74 Å². The third-order valence-corrected chi connectivity index (χ3v) is 2.73. The van der Waals surface area contributed by atoms with E-state index in [0.29, 0.717) is 0 Å². The van der Waals surface area contributed by atoms with Gasteiger partial charge in [0, 0.05) is 5.57 Å². The second-order valence-electron chi connectivity index (χ2n) is 3.12. The maximum Gasteiger partial charge on any atom is 0.344 e. The van der Waals surface area contributed by atoms with Crippen molar-refractivity contribution in [1.82, 2.24) is 0 Å². The Bertz CT molecular complexity index is 358. The quantitative estimate of drug-likeness (QED) is 0.557. The smallest absolute Gasteiger partial charge is 0.344 e. The first-order valence-corrected chi connectivity index (χ1v) is 4.75. The van der Waals surface area contributed by atoms with Crippen molar-refractivity contribution >= 4 is 23.4 Å². The number of allylic oxidation sites excluding steroid dienone is 2. The van der Waals surface area contributed by atoms with E-state index in [9.17, 15) is 14.7 Å². The first-order valence-electron chi connectivity index (χ1n) is 4.32. The number of halogens is 1. The van der Waals surface area contributed by atoms with Crippen molar-refractivity contribution in [3.8, 4) is 0 Å². The largest absolute Gasteiger partial charge is 0.467 e. The van der Waals surface area contributed by atoms with E-state index in [4.69, 9.17) is 11.6 Å². The molecule has 0 radical (unpaired) electrons. The maximum atomic E-state index is 11.4. The van der Waals surface area contributed by atoms with Gasteiger partial charge in [0.25, 0.3) is 0 Å². The van der Waals surface area contributed by atoms with Gasteiger partial charge in [-0.25, -0.2) is 4.79 Å². The fraction of sp³-hybridized carbons (Fsp3) is 0.400. The summed E-state index contributed by atoms with van der Waals surface area (Å²) < 4.78 is 4.43. The van der Waals surface area contributed by atoms with Crippen LogP contribution in [0.2, 0.25) is 0 Å². The highest BCUT2D eigenvalue weighted by Gasteiger charge is 2.53. The molecule has 4 nitrogen and oxygen atoms in total. The summed E-state index contributed by atoms with van der Waals surface area (Å²) >= 11 is 5.69. The Balaban J connectivity index is 3.20. The molecule has 0 amide bonds. The lowest BCUT2D eigenvalue weighted by Gasteiger charge is -2.24. The Labute approximate surface area is 92.2 Å². The molecular formula is C10H11ClO4. The molecule has 0 aromatic rings. The molecule has 0 aliphatic heterocycles. The number of alkyl halides is 1. The molecular weight excluding hydrogens is 220 g/mol. The summed E-state index contributed by atoms with van der Waals surface area (Å²) in [5.74, 6) is -1.43. The molecule has 1 aliphatic rings. The normalized spacial score (nSPS) is 30.8. The molecule has 5 heteroatoms. The number of rotatable bonds is 2. The van der Waals surface area contributed by atoms with Crippen LogP contribution in [0.15, 0.2) is 23.8 Å². The van der Waals surface area contributed by atoms with Crippen molar-refractivity contribution in [2.75, 3.05) is 7.11 Å². The number of aliphatic hydroxyl groups is 1. The monoisotopic (exact) mass is 230 g/mol. The number of methoxy groups -OCH3 is 1. The van der Waals surface area contributed by atoms with Crippen molar-refractivity contribution in [3.63, 3.8) is 0 Å². The van der Waals surface area contributed by atoms with E-state index >= 15 is 0 Å². The summed E-state index contributed by atoms with van der Waals surface area (Å²) in [6.45, 7) is 1.70. The van der Waals surface area contributed by atoms with E-state index in [1.54, 1.807) is 13.0 Å². The van der Waals surface area contributed by atoms with E-state index in [-0.39, 0.29) is 5.57 Å². The Morgan fingerprint density at radius 2 is 2.33 bits per heavy atom. The molecule has 0 aromatic carbocycles. The van der Waals surface area contributed by atoms with Crippen LogP contribution in [-0.4, -0.2) is 34.9 Å². The standard InChI is InChI=1S/C10H11ClO4/c1-3-4-6-5-7(12)8(11)10(6,14)9(13)15-2/h3-5,8,14H,1-2H3/b4-3+/t8?,10-/m1/s1. The van der Waals surface area contributed by atoms with Gasteiger partial charge in [-0.2, -0.15) is 0 Å². The van der Waals surface area contributed by atoms with Crippen molar-refractivity contribution in [2.24, 2.45) is 0 Å². The van der Waals surface area contributed by atoms with E-state index in [1.807, 2.05) is 0 Å². The van der Waals surface area contributed by atoms with Crippen LogP contribution in [0, 0.1) is 0 Å². The highest BCUT2D eigenvalue weighted by molar-refractivity contribution is 6.37. The van der Waals surface area contributed by atoms with Gasteiger partial charge in [-0.3, -0.25) is 4.79 Å². The lowest BCUT2D eigenvalue weighted by Crippen LogP contribution is -2.48. The Hall–Kier alpha value is -1.13. The number of hydrogen-bond acceptors (Lipinski definition) is 4. The molecule has 0 heterocycles. The first-order chi connectivity index (χ1) is 6.98. The number of carbonyl (C=O) groups is 2. The van der Waals surface area contributed by atoms with Gasteiger partial charge in [0.05, 0.1) is 7.11 Å². The Morgan fingerprint density at radius 3 is 2.80 bits per heavy atom. The van der Waals surface area contributed by atoms with Gasteiger partial charge in [-0.15, -0.1) is 11.6 Å². The summed E-state index contributed by atoms with van der Waals surface area (Å²) in [6, 6.07) is 0. The summed E-state index contributed by atoms with van der Waals surface area (Å²) in [5, 5.41) is 8.72. The second-order valence-corrected chi connectivity index (χ2v) is 3.56. The number of hydrogen-bond donors (Lipinski definition) is 1. The van der Waals surface area contributed by atoms with Gasteiger partial charge < -0.3 is 9.84 Å². The van der Waals surface area contributed by atoms with E-state index in [0.717, 1.165) is 13.2 Å². The molecule has 1 rings (SSSR count). The molecule has 1 aliphatic carbocycles. The molecule has 1 unspecified atom stereocenters. The van der Waals surface area contributed by atoms with Crippen LogP contribution in [0.3, 0.4) is 0 Å². The van der Waals surface area contributed by atoms with Crippen molar-refractivity contribution in [3.05, 3.63) is 23.8 Å². The van der Waals surface area contributed by atoms with Crippen molar-refractivity contribution in [1.29, 1.82) is 0 Å². The summed E-state index contributed by atoms with van der Waals surface area (Å²) in [7, 11) is 1.12. The molecule has 0 fully saturated rings. The molecule has 0 spiro atoms. The molecule has 15 heavy (non-hydrogen) atoms. The van der Waals surface area contributed by atoms with Crippen LogP contribution in [0.1, 0.15) is 6.92 Å². The molecule has 0 bridgehead atoms. The molecule has 0 saturated heterocycles. The average Bonchev–Trinajstić information content (AvgIpc) is 2.44.